The smallest absolute Gasteiger partial charge is 0.445 e. The molecule has 1 amide bonds. The molecule has 1 heterocycles. The molecule has 1 fully saturated rings. The molecule has 2 N–H and O–H groups in total. The molecule has 4 nitrogen and oxygen atoms in total. The number of nitrogens with two attached hydrogens (primary N) is 1. The third-order valence-corrected chi connectivity index (χ3v) is 4.52. The number of benzene rings is 2. The predicted molar refractivity (Wildman–Crippen MR) is 83.2 cm³/mol. The lowest BCUT2D eigenvalue weighted by Gasteiger charge is -2.16. The van der Waals surface area contributed by atoms with Gasteiger partial charge in [-0.25, -0.2) is 10.2 Å². The Balaban J connectivity index is 1.57. The first-order valence-corrected chi connectivity index (χ1v) is 7.79. The fourth-order valence-corrected chi connectivity index (χ4v) is 3.44. The first kappa shape index (κ1) is 13.3. The number of hydrogen-bond donors (Lipinski definition) is 1. The minimum atomic E-state index is -0.223. The van der Waals surface area contributed by atoms with E-state index in [4.69, 9.17) is 4.74 Å². The molecule has 4 heteroatoms. The fourth-order valence-electron chi connectivity index (χ4n) is 3.44. The summed E-state index contributed by atoms with van der Waals surface area (Å²) in [5.41, 5.74) is 6.95. The quantitative estimate of drug-likeness (QED) is 0.681. The molecule has 112 valence electrons. The third kappa shape index (κ3) is 2.16. The van der Waals surface area contributed by atoms with Crippen LogP contribution in [0.3, 0.4) is 0 Å². The summed E-state index contributed by atoms with van der Waals surface area (Å²) >= 11 is 0. The molecule has 2 aromatic rings. The second-order valence-corrected chi connectivity index (χ2v) is 5.82. The van der Waals surface area contributed by atoms with Crippen LogP contribution in [0, 0.1) is 0 Å². The molecular formula is C18H19N2O2+. The summed E-state index contributed by atoms with van der Waals surface area (Å²) in [6.07, 6.45) is 0.809. The normalized spacial score (nSPS) is 16.5. The van der Waals surface area contributed by atoms with E-state index in [1.165, 1.54) is 22.3 Å². The lowest BCUT2D eigenvalue weighted by Crippen LogP contribution is -2.91. The zero-order valence-electron chi connectivity index (χ0n) is 12.4. The van der Waals surface area contributed by atoms with Crippen LogP contribution in [0.2, 0.25) is 0 Å². The average Bonchev–Trinajstić information content (AvgIpc) is 3.20. The topological polar surface area (TPSA) is 46.1 Å². The van der Waals surface area contributed by atoms with Crippen molar-refractivity contribution in [3.05, 3.63) is 59.7 Å². The van der Waals surface area contributed by atoms with Crippen molar-refractivity contribution in [2.24, 2.45) is 0 Å². The maximum Gasteiger partial charge on any atom is 0.454 e. The van der Waals surface area contributed by atoms with Gasteiger partial charge in [0, 0.05) is 12.3 Å². The largest absolute Gasteiger partial charge is 0.454 e. The zero-order chi connectivity index (χ0) is 14.9. The minimum Gasteiger partial charge on any atom is -0.445 e. The van der Waals surface area contributed by atoms with E-state index in [1.54, 1.807) is 5.01 Å². The molecule has 0 unspecified atom stereocenters. The molecule has 1 saturated heterocycles. The number of ether oxygens (including phenoxy) is 1. The number of fused-ring (bicyclic) bond motifs is 3. The van der Waals surface area contributed by atoms with Crippen LogP contribution in [0.25, 0.3) is 11.1 Å². The average molecular weight is 295 g/mol. The molecule has 2 aromatic carbocycles. The molecule has 1 aliphatic carbocycles. The van der Waals surface area contributed by atoms with Gasteiger partial charge in [0.25, 0.3) is 0 Å². The summed E-state index contributed by atoms with van der Waals surface area (Å²) in [6.45, 7) is 2.14. The molecule has 0 atom stereocenters. The first-order chi connectivity index (χ1) is 10.8. The molecule has 0 aromatic heterocycles. The monoisotopic (exact) mass is 295 g/mol. The van der Waals surface area contributed by atoms with Gasteiger partial charge in [0.2, 0.25) is 0 Å². The first-order valence-electron chi connectivity index (χ1n) is 7.79. The number of nitrogens with zero attached hydrogens (tertiary/aromatic N) is 1. The maximum absolute atomic E-state index is 12.1. The van der Waals surface area contributed by atoms with Gasteiger partial charge in [-0.15, -0.1) is 0 Å². The Labute approximate surface area is 129 Å². The Bertz CT molecular complexity index is 662. The lowest BCUT2D eigenvalue weighted by atomic mass is 9.98. The second-order valence-electron chi connectivity index (χ2n) is 5.82. The highest BCUT2D eigenvalue weighted by Gasteiger charge is 2.30. The van der Waals surface area contributed by atoms with Crippen molar-refractivity contribution >= 4 is 6.09 Å². The van der Waals surface area contributed by atoms with Crippen molar-refractivity contribution < 1.29 is 15.0 Å². The fraction of sp³-hybridized carbons (Fsp3) is 0.278. The van der Waals surface area contributed by atoms with Crippen molar-refractivity contribution in [1.82, 2.24) is 5.01 Å². The molecule has 4 rings (SSSR count). The number of carbonyl (C=O) groups is 1. The Hall–Kier alpha value is -2.33. The van der Waals surface area contributed by atoms with Crippen molar-refractivity contribution in [2.45, 2.75) is 12.3 Å². The van der Waals surface area contributed by atoms with Gasteiger partial charge in [0.05, 0.1) is 13.1 Å². The van der Waals surface area contributed by atoms with E-state index in [-0.39, 0.29) is 12.0 Å². The minimum absolute atomic E-state index is 0.138. The number of quaternary nitrogens is 1. The molecule has 0 radical (unpaired) electrons. The number of carbonyl (C=O) groups excluding carboxylic acids is 1. The Morgan fingerprint density at radius 2 is 1.73 bits per heavy atom. The molecule has 0 saturated carbocycles. The van der Waals surface area contributed by atoms with Gasteiger partial charge >= 0.3 is 6.09 Å². The van der Waals surface area contributed by atoms with E-state index in [1.807, 2.05) is 17.6 Å². The van der Waals surface area contributed by atoms with Crippen LogP contribution in [0.1, 0.15) is 23.5 Å². The lowest BCUT2D eigenvalue weighted by molar-refractivity contribution is -0.766. The van der Waals surface area contributed by atoms with Crippen molar-refractivity contribution in [2.75, 3.05) is 19.7 Å². The Morgan fingerprint density at radius 1 is 1.09 bits per heavy atom. The second kappa shape index (κ2) is 5.46. The van der Waals surface area contributed by atoms with Gasteiger partial charge in [-0.3, -0.25) is 0 Å². The molecule has 22 heavy (non-hydrogen) atoms. The van der Waals surface area contributed by atoms with Crippen LogP contribution in [0.15, 0.2) is 48.5 Å². The van der Waals surface area contributed by atoms with Crippen LogP contribution in [0.5, 0.6) is 0 Å². The SMILES string of the molecule is O=C(OCC1c2ccccc2-c2ccccc21)N1CCC[NH2+]1. The molecular weight excluding hydrogens is 276 g/mol. The highest BCUT2D eigenvalue weighted by molar-refractivity contribution is 5.79. The number of hydrogen-bond acceptors (Lipinski definition) is 2. The van der Waals surface area contributed by atoms with Gasteiger partial charge in [0.15, 0.2) is 0 Å². The number of amides is 1. The summed E-state index contributed by atoms with van der Waals surface area (Å²) < 4.78 is 5.58. The Kier molecular flexibility index (Phi) is 3.31. The summed E-state index contributed by atoms with van der Waals surface area (Å²) in [6, 6.07) is 16.8. The summed E-state index contributed by atoms with van der Waals surface area (Å²) in [7, 11) is 0. The van der Waals surface area contributed by atoms with E-state index in [2.05, 4.69) is 36.4 Å². The van der Waals surface area contributed by atoms with E-state index in [0.717, 1.165) is 19.5 Å². The van der Waals surface area contributed by atoms with Gasteiger partial charge in [-0.1, -0.05) is 48.5 Å². The van der Waals surface area contributed by atoms with E-state index in [0.29, 0.717) is 6.61 Å². The van der Waals surface area contributed by atoms with E-state index >= 15 is 0 Å². The molecule has 2 aliphatic rings. The van der Waals surface area contributed by atoms with Crippen LogP contribution in [-0.4, -0.2) is 30.8 Å². The third-order valence-electron chi connectivity index (χ3n) is 4.52. The molecule has 0 spiro atoms. The van der Waals surface area contributed by atoms with Gasteiger partial charge in [-0.05, 0) is 22.3 Å². The van der Waals surface area contributed by atoms with E-state index < -0.39 is 0 Å². The summed E-state index contributed by atoms with van der Waals surface area (Å²) in [5, 5.41) is 1.69. The zero-order valence-corrected chi connectivity index (χ0v) is 12.4. The van der Waals surface area contributed by atoms with Crippen LogP contribution < -0.4 is 5.43 Å². The van der Waals surface area contributed by atoms with Crippen molar-refractivity contribution in [3.63, 3.8) is 0 Å². The Morgan fingerprint density at radius 3 is 2.32 bits per heavy atom. The van der Waals surface area contributed by atoms with Crippen LogP contribution in [0.4, 0.5) is 4.79 Å². The highest BCUT2D eigenvalue weighted by Crippen LogP contribution is 2.44. The predicted octanol–water partition coefficient (Wildman–Crippen LogP) is 2.12. The summed E-state index contributed by atoms with van der Waals surface area (Å²) in [5.74, 6) is 0.138. The van der Waals surface area contributed by atoms with Crippen molar-refractivity contribution in [3.8, 4) is 11.1 Å². The molecule has 0 bridgehead atoms. The maximum atomic E-state index is 12.1. The van der Waals surface area contributed by atoms with Gasteiger partial charge < -0.3 is 4.74 Å². The van der Waals surface area contributed by atoms with Gasteiger partial charge in [-0.2, -0.15) is 5.01 Å². The number of rotatable bonds is 2. The standard InChI is InChI=1S/C18H18N2O2/c21-18(20-11-5-10-19-20)22-12-17-15-8-3-1-6-13(15)14-7-2-4-9-16(14)17/h1-4,6-9,17,19H,5,10-12H2/p+1. The summed E-state index contributed by atoms with van der Waals surface area (Å²) in [4.78, 5) is 12.1. The molecule has 1 aliphatic heterocycles. The van der Waals surface area contributed by atoms with Crippen LogP contribution in [-0.2, 0) is 4.74 Å². The van der Waals surface area contributed by atoms with Crippen LogP contribution >= 0.6 is 0 Å². The highest BCUT2D eigenvalue weighted by atomic mass is 16.6. The van der Waals surface area contributed by atoms with E-state index in [9.17, 15) is 4.79 Å². The van der Waals surface area contributed by atoms with Crippen molar-refractivity contribution in [1.29, 1.82) is 0 Å². The van der Waals surface area contributed by atoms with Gasteiger partial charge in [0.1, 0.15) is 6.61 Å².